The smallest absolute Gasteiger partial charge is 0.426 e. The molecule has 0 aliphatic heterocycles. The largest absolute Gasteiger partial charge is 0.429 e. The van der Waals surface area contributed by atoms with Gasteiger partial charge in [0.25, 0.3) is 0 Å². The van der Waals surface area contributed by atoms with Gasteiger partial charge in [-0.1, -0.05) is 48.6 Å². The average molecular weight is 591 g/mol. The van der Waals surface area contributed by atoms with Crippen LogP contribution < -0.4 is 4.74 Å². The van der Waals surface area contributed by atoms with Crippen LogP contribution in [0.4, 0.5) is 26.3 Å². The molecule has 0 amide bonds. The van der Waals surface area contributed by atoms with Gasteiger partial charge in [-0.05, 0) is 84.5 Å². The Balaban J connectivity index is 1.26. The number of hydrogen-bond donors (Lipinski definition) is 0. The predicted molar refractivity (Wildman–Crippen MR) is 152 cm³/mol. The van der Waals surface area contributed by atoms with Crippen LogP contribution in [0.25, 0.3) is 33.6 Å². The fourth-order valence-corrected chi connectivity index (χ4v) is 4.43. The number of halogens is 6. The van der Waals surface area contributed by atoms with Gasteiger partial charge < -0.3 is 4.74 Å². The molecule has 0 bridgehead atoms. The SMILES string of the molecule is CC=CCCc1cnc(-c2ccc(C(F)(F)Oc3ccc(-c4ccc(-c5cc(F)c(F)c(F)c5)c(F)c4)cc3)cc2)nc1. The maximum absolute atomic E-state index is 15.0. The zero-order valence-corrected chi connectivity index (χ0v) is 22.8. The number of nitrogens with zero attached hydrogens (tertiary/aromatic N) is 2. The third-order valence-corrected chi connectivity index (χ3v) is 6.72. The molecular weight excluding hydrogens is 566 g/mol. The summed E-state index contributed by atoms with van der Waals surface area (Å²) in [6, 6.07) is 16.4. The molecule has 0 spiro atoms. The minimum atomic E-state index is -3.65. The summed E-state index contributed by atoms with van der Waals surface area (Å²) >= 11 is 0. The van der Waals surface area contributed by atoms with Crippen LogP contribution in [0.2, 0.25) is 0 Å². The summed E-state index contributed by atoms with van der Waals surface area (Å²) in [6.07, 6.45) is 5.50. The lowest BCUT2D eigenvalue weighted by molar-refractivity contribution is -0.185. The molecule has 0 aliphatic rings. The Kier molecular flexibility index (Phi) is 8.61. The molecule has 3 nitrogen and oxygen atoms in total. The van der Waals surface area contributed by atoms with Crippen molar-refractivity contribution in [3.05, 3.63) is 138 Å². The topological polar surface area (TPSA) is 35.0 Å². The van der Waals surface area contributed by atoms with E-state index in [1.54, 1.807) is 12.4 Å². The summed E-state index contributed by atoms with van der Waals surface area (Å²) in [5.74, 6) is -5.01. The summed E-state index contributed by atoms with van der Waals surface area (Å²) < 4.78 is 90.2. The molecule has 0 N–H and O–H groups in total. The van der Waals surface area contributed by atoms with Crippen molar-refractivity contribution in [1.82, 2.24) is 9.97 Å². The molecular formula is C34H24F6N2O. The second-order valence-electron chi connectivity index (χ2n) is 9.69. The van der Waals surface area contributed by atoms with E-state index in [2.05, 4.69) is 16.0 Å². The second-order valence-corrected chi connectivity index (χ2v) is 9.69. The Morgan fingerprint density at radius 2 is 1.28 bits per heavy atom. The first-order valence-electron chi connectivity index (χ1n) is 13.3. The normalized spacial score (nSPS) is 11.7. The molecule has 0 aliphatic carbocycles. The average Bonchev–Trinajstić information content (AvgIpc) is 3.00. The summed E-state index contributed by atoms with van der Waals surface area (Å²) in [4.78, 5) is 8.67. The van der Waals surface area contributed by atoms with Crippen LogP contribution in [-0.2, 0) is 12.5 Å². The van der Waals surface area contributed by atoms with Crippen molar-refractivity contribution in [3.8, 4) is 39.4 Å². The van der Waals surface area contributed by atoms with Gasteiger partial charge in [-0.2, -0.15) is 8.78 Å². The van der Waals surface area contributed by atoms with Gasteiger partial charge in [0.15, 0.2) is 23.3 Å². The van der Waals surface area contributed by atoms with E-state index in [-0.39, 0.29) is 22.4 Å². The Morgan fingerprint density at radius 3 is 1.88 bits per heavy atom. The first-order chi connectivity index (χ1) is 20.6. The highest BCUT2D eigenvalue weighted by molar-refractivity contribution is 5.71. The number of ether oxygens (including phenoxy) is 1. The lowest BCUT2D eigenvalue weighted by Gasteiger charge is -2.19. The van der Waals surface area contributed by atoms with Gasteiger partial charge in [-0.15, -0.1) is 0 Å². The molecule has 0 atom stereocenters. The molecule has 43 heavy (non-hydrogen) atoms. The quantitative estimate of drug-likeness (QED) is 0.0974. The maximum Gasteiger partial charge on any atom is 0.426 e. The van der Waals surface area contributed by atoms with Gasteiger partial charge in [-0.3, -0.25) is 0 Å². The second kappa shape index (κ2) is 12.5. The summed E-state index contributed by atoms with van der Waals surface area (Å²) in [6.45, 7) is 1.95. The Labute approximate surface area is 244 Å². The lowest BCUT2D eigenvalue weighted by Crippen LogP contribution is -2.21. The van der Waals surface area contributed by atoms with Crippen LogP contribution >= 0.6 is 0 Å². The fraction of sp³-hybridized carbons (Fsp3) is 0.118. The third kappa shape index (κ3) is 6.77. The highest BCUT2D eigenvalue weighted by atomic mass is 19.3. The van der Waals surface area contributed by atoms with Crippen molar-refractivity contribution in [2.45, 2.75) is 25.9 Å². The van der Waals surface area contributed by atoms with E-state index >= 15 is 0 Å². The summed E-state index contributed by atoms with van der Waals surface area (Å²) in [5, 5.41) is 0. The molecule has 9 heteroatoms. The van der Waals surface area contributed by atoms with E-state index in [1.165, 1.54) is 60.7 Å². The number of aromatic nitrogens is 2. The number of benzene rings is 4. The van der Waals surface area contributed by atoms with Crippen LogP contribution in [-0.4, -0.2) is 9.97 Å². The Morgan fingerprint density at radius 1 is 0.698 bits per heavy atom. The predicted octanol–water partition coefficient (Wildman–Crippen LogP) is 9.67. The van der Waals surface area contributed by atoms with Gasteiger partial charge in [0.2, 0.25) is 0 Å². The van der Waals surface area contributed by atoms with Crippen molar-refractivity contribution < 1.29 is 31.1 Å². The maximum atomic E-state index is 15.0. The van der Waals surface area contributed by atoms with Crippen LogP contribution in [0.5, 0.6) is 5.75 Å². The summed E-state index contributed by atoms with van der Waals surface area (Å²) in [7, 11) is 0. The molecule has 0 radical (unpaired) electrons. The van der Waals surface area contributed by atoms with Gasteiger partial charge in [-0.25, -0.2) is 27.5 Å². The minimum absolute atomic E-state index is 0.121. The standard InChI is InChI=1S/C34H24F6N2O/c1-2-3-4-5-21-19-41-33(42-20-21)23-6-11-26(12-7-23)34(39,40)43-27-13-8-22(9-14-27)24-10-15-28(29(35)16-24)25-17-30(36)32(38)31(37)18-25/h2-3,6-20H,4-5H2,1H3. The van der Waals surface area contributed by atoms with Crippen molar-refractivity contribution in [2.75, 3.05) is 0 Å². The summed E-state index contributed by atoms with van der Waals surface area (Å²) in [5.41, 5.74) is 1.76. The first-order valence-corrected chi connectivity index (χ1v) is 13.3. The molecule has 0 saturated carbocycles. The molecule has 218 valence electrons. The van der Waals surface area contributed by atoms with E-state index in [1.807, 2.05) is 13.0 Å². The number of hydrogen-bond acceptors (Lipinski definition) is 3. The molecule has 1 heterocycles. The minimum Gasteiger partial charge on any atom is -0.429 e. The zero-order valence-electron chi connectivity index (χ0n) is 22.8. The molecule has 5 rings (SSSR count). The highest BCUT2D eigenvalue weighted by Crippen LogP contribution is 2.35. The third-order valence-electron chi connectivity index (χ3n) is 6.72. The van der Waals surface area contributed by atoms with Crippen molar-refractivity contribution in [1.29, 1.82) is 0 Å². The van der Waals surface area contributed by atoms with Crippen LogP contribution in [0, 0.1) is 23.3 Å². The molecule has 0 fully saturated rings. The lowest BCUT2D eigenvalue weighted by atomic mass is 9.99. The Bertz CT molecular complexity index is 1730. The van der Waals surface area contributed by atoms with Crippen LogP contribution in [0.15, 0.2) is 103 Å². The van der Waals surface area contributed by atoms with Crippen molar-refractivity contribution >= 4 is 0 Å². The van der Waals surface area contributed by atoms with E-state index < -0.39 is 29.4 Å². The van der Waals surface area contributed by atoms with E-state index in [0.717, 1.165) is 24.5 Å². The zero-order chi connectivity index (χ0) is 30.6. The number of aryl methyl sites for hydroxylation is 1. The van der Waals surface area contributed by atoms with Gasteiger partial charge in [0.1, 0.15) is 11.6 Å². The number of allylic oxidation sites excluding steroid dienone is 2. The van der Waals surface area contributed by atoms with E-state index in [9.17, 15) is 26.3 Å². The molecule has 0 saturated heterocycles. The molecule has 4 aromatic carbocycles. The monoisotopic (exact) mass is 590 g/mol. The number of rotatable bonds is 9. The van der Waals surface area contributed by atoms with Gasteiger partial charge >= 0.3 is 6.11 Å². The molecule has 5 aromatic rings. The van der Waals surface area contributed by atoms with Gasteiger partial charge in [0, 0.05) is 23.5 Å². The van der Waals surface area contributed by atoms with E-state index in [4.69, 9.17) is 4.74 Å². The Hall–Kier alpha value is -4.92. The number of alkyl halides is 2. The van der Waals surface area contributed by atoms with Gasteiger partial charge in [0.05, 0.1) is 5.56 Å². The van der Waals surface area contributed by atoms with Crippen molar-refractivity contribution in [3.63, 3.8) is 0 Å². The van der Waals surface area contributed by atoms with Crippen LogP contribution in [0.1, 0.15) is 24.5 Å². The molecule has 0 unspecified atom stereocenters. The fourth-order valence-electron chi connectivity index (χ4n) is 4.43. The van der Waals surface area contributed by atoms with Crippen LogP contribution in [0.3, 0.4) is 0 Å². The van der Waals surface area contributed by atoms with Crippen molar-refractivity contribution in [2.24, 2.45) is 0 Å². The van der Waals surface area contributed by atoms with E-state index in [0.29, 0.717) is 34.6 Å². The molecule has 1 aromatic heterocycles. The first kappa shape index (κ1) is 29.6. The highest BCUT2D eigenvalue weighted by Gasteiger charge is 2.34.